The summed E-state index contributed by atoms with van der Waals surface area (Å²) >= 11 is 14.7. The standard InChI is InChI=1S/C18H17BrCl2F2O3/c1-17(2,11-7-13(20)16(25)14(21)8-11)10-3-5-12(6-4-10)26-18(22,23)15(19)9-24/h3-8,15,24-25H,9H2,1-2H3. The Morgan fingerprint density at radius 2 is 1.58 bits per heavy atom. The van der Waals surface area contributed by atoms with Crippen molar-refractivity contribution in [3.63, 3.8) is 0 Å². The van der Waals surface area contributed by atoms with Gasteiger partial charge in [-0.15, -0.1) is 0 Å². The van der Waals surface area contributed by atoms with Crippen LogP contribution in [0.1, 0.15) is 25.0 Å². The van der Waals surface area contributed by atoms with Gasteiger partial charge in [0.15, 0.2) is 5.75 Å². The highest BCUT2D eigenvalue weighted by molar-refractivity contribution is 9.09. The Bertz CT molecular complexity index is 760. The van der Waals surface area contributed by atoms with Crippen molar-refractivity contribution in [1.29, 1.82) is 0 Å². The molecule has 142 valence electrons. The third-order valence-electron chi connectivity index (χ3n) is 4.09. The van der Waals surface area contributed by atoms with Crippen LogP contribution in [0.15, 0.2) is 36.4 Å². The van der Waals surface area contributed by atoms with Gasteiger partial charge in [-0.3, -0.25) is 0 Å². The molecule has 0 bridgehead atoms. The van der Waals surface area contributed by atoms with Gasteiger partial charge >= 0.3 is 6.11 Å². The smallest absolute Gasteiger partial charge is 0.412 e. The summed E-state index contributed by atoms with van der Waals surface area (Å²) in [6.07, 6.45) is -3.55. The number of hydrogen-bond donors (Lipinski definition) is 2. The van der Waals surface area contributed by atoms with Gasteiger partial charge in [-0.2, -0.15) is 8.78 Å². The Hall–Kier alpha value is -1.08. The van der Waals surface area contributed by atoms with E-state index in [2.05, 4.69) is 20.7 Å². The minimum absolute atomic E-state index is 0.0331. The van der Waals surface area contributed by atoms with Crippen LogP contribution in [0.25, 0.3) is 0 Å². The molecule has 2 N–H and O–H groups in total. The topological polar surface area (TPSA) is 49.7 Å². The maximum atomic E-state index is 13.7. The van der Waals surface area contributed by atoms with Crippen molar-refractivity contribution in [1.82, 2.24) is 0 Å². The molecule has 2 aromatic carbocycles. The molecule has 3 nitrogen and oxygen atoms in total. The lowest BCUT2D eigenvalue weighted by atomic mass is 9.78. The molecule has 26 heavy (non-hydrogen) atoms. The van der Waals surface area contributed by atoms with E-state index in [1.807, 2.05) is 13.8 Å². The van der Waals surface area contributed by atoms with Crippen LogP contribution in [0.2, 0.25) is 10.0 Å². The molecule has 0 aliphatic rings. The Labute approximate surface area is 168 Å². The van der Waals surface area contributed by atoms with Crippen LogP contribution in [-0.4, -0.2) is 27.8 Å². The molecule has 2 aromatic rings. The molecule has 0 aliphatic carbocycles. The monoisotopic (exact) mass is 468 g/mol. The van der Waals surface area contributed by atoms with E-state index in [1.165, 1.54) is 12.1 Å². The van der Waals surface area contributed by atoms with Crippen molar-refractivity contribution in [2.24, 2.45) is 0 Å². The number of benzene rings is 2. The highest BCUT2D eigenvalue weighted by atomic mass is 79.9. The number of rotatable bonds is 6. The van der Waals surface area contributed by atoms with E-state index in [0.717, 1.165) is 11.1 Å². The van der Waals surface area contributed by atoms with Gasteiger partial charge in [0.25, 0.3) is 0 Å². The Kier molecular flexibility index (Phi) is 6.44. The van der Waals surface area contributed by atoms with Crippen LogP contribution in [0.5, 0.6) is 11.5 Å². The molecule has 0 amide bonds. The first-order valence-electron chi connectivity index (χ1n) is 7.60. The molecular formula is C18H17BrCl2F2O3. The molecular weight excluding hydrogens is 453 g/mol. The van der Waals surface area contributed by atoms with Gasteiger partial charge < -0.3 is 14.9 Å². The number of phenolic OH excluding ortho intramolecular Hbond substituents is 1. The summed E-state index contributed by atoms with van der Waals surface area (Å²) in [5.74, 6) is -0.221. The van der Waals surface area contributed by atoms with Gasteiger partial charge in [-0.1, -0.05) is 65.1 Å². The van der Waals surface area contributed by atoms with Gasteiger partial charge in [0.05, 0.1) is 16.7 Å². The summed E-state index contributed by atoms with van der Waals surface area (Å²) in [6, 6.07) is 9.37. The second-order valence-electron chi connectivity index (χ2n) is 6.25. The van der Waals surface area contributed by atoms with Crippen molar-refractivity contribution in [3.05, 3.63) is 57.6 Å². The molecule has 0 aliphatic heterocycles. The number of alkyl halides is 3. The van der Waals surface area contributed by atoms with Crippen LogP contribution in [0.3, 0.4) is 0 Å². The van der Waals surface area contributed by atoms with E-state index in [0.29, 0.717) is 0 Å². The van der Waals surface area contributed by atoms with Crippen LogP contribution >= 0.6 is 39.1 Å². The molecule has 0 fully saturated rings. The molecule has 0 saturated heterocycles. The molecule has 0 radical (unpaired) electrons. The van der Waals surface area contributed by atoms with Crippen molar-refractivity contribution in [2.75, 3.05) is 6.61 Å². The number of phenols is 1. The lowest BCUT2D eigenvalue weighted by Crippen LogP contribution is -2.37. The van der Waals surface area contributed by atoms with E-state index in [1.54, 1.807) is 24.3 Å². The number of hydrogen-bond acceptors (Lipinski definition) is 3. The van der Waals surface area contributed by atoms with Crippen LogP contribution in [0, 0.1) is 0 Å². The van der Waals surface area contributed by atoms with E-state index < -0.39 is 23.0 Å². The maximum absolute atomic E-state index is 13.7. The van der Waals surface area contributed by atoms with E-state index >= 15 is 0 Å². The first kappa shape index (κ1) is 21.2. The summed E-state index contributed by atoms with van der Waals surface area (Å²) in [5.41, 5.74) is 1.01. The molecule has 0 spiro atoms. The lowest BCUT2D eigenvalue weighted by molar-refractivity contribution is -0.178. The van der Waals surface area contributed by atoms with Gasteiger partial charge in [0.1, 0.15) is 10.6 Å². The van der Waals surface area contributed by atoms with Crippen LogP contribution < -0.4 is 4.74 Å². The SMILES string of the molecule is CC(C)(c1ccc(OC(F)(F)C(Br)CO)cc1)c1cc(Cl)c(O)c(Cl)c1. The van der Waals surface area contributed by atoms with Gasteiger partial charge in [-0.25, -0.2) is 0 Å². The quantitative estimate of drug-likeness (QED) is 0.529. The van der Waals surface area contributed by atoms with Crippen molar-refractivity contribution < 1.29 is 23.7 Å². The fourth-order valence-electron chi connectivity index (χ4n) is 2.36. The first-order valence-corrected chi connectivity index (χ1v) is 9.27. The zero-order chi connectivity index (χ0) is 19.7. The molecule has 0 aromatic heterocycles. The van der Waals surface area contributed by atoms with Crippen molar-refractivity contribution in [3.8, 4) is 11.5 Å². The van der Waals surface area contributed by atoms with Gasteiger partial charge in [-0.05, 0) is 35.4 Å². The zero-order valence-corrected chi connectivity index (χ0v) is 17.0. The van der Waals surface area contributed by atoms with Crippen LogP contribution in [0.4, 0.5) is 8.78 Å². The molecule has 2 rings (SSSR count). The number of aromatic hydroxyl groups is 1. The Morgan fingerprint density at radius 3 is 2.04 bits per heavy atom. The van der Waals surface area contributed by atoms with Crippen molar-refractivity contribution in [2.45, 2.75) is 30.2 Å². The average molecular weight is 470 g/mol. The molecule has 8 heteroatoms. The fourth-order valence-corrected chi connectivity index (χ4v) is 2.94. The van der Waals surface area contributed by atoms with E-state index in [9.17, 15) is 13.9 Å². The molecule has 1 atom stereocenters. The van der Waals surface area contributed by atoms with E-state index in [-0.39, 0.29) is 21.5 Å². The largest absolute Gasteiger partial charge is 0.505 e. The van der Waals surface area contributed by atoms with Gasteiger partial charge in [0, 0.05) is 5.41 Å². The molecule has 1 unspecified atom stereocenters. The van der Waals surface area contributed by atoms with Crippen LogP contribution in [-0.2, 0) is 5.41 Å². The third-order valence-corrected chi connectivity index (χ3v) is 5.49. The summed E-state index contributed by atoms with van der Waals surface area (Å²) in [5, 5.41) is 18.8. The second-order valence-corrected chi connectivity index (χ2v) is 8.17. The summed E-state index contributed by atoms with van der Waals surface area (Å²) in [6.45, 7) is 3.06. The maximum Gasteiger partial charge on any atom is 0.412 e. The zero-order valence-electron chi connectivity index (χ0n) is 13.9. The summed E-state index contributed by atoms with van der Waals surface area (Å²) < 4.78 is 32.2. The Morgan fingerprint density at radius 1 is 1.08 bits per heavy atom. The first-order chi connectivity index (χ1) is 12.0. The molecule has 0 saturated carbocycles. The average Bonchev–Trinajstić information content (AvgIpc) is 2.58. The fraction of sp³-hybridized carbons (Fsp3) is 0.333. The molecule has 0 heterocycles. The number of ether oxygens (including phenoxy) is 1. The number of aliphatic hydroxyl groups is 1. The summed E-state index contributed by atoms with van der Waals surface area (Å²) in [4.78, 5) is -1.51. The number of halogens is 5. The normalized spacial score (nSPS) is 13.5. The minimum Gasteiger partial charge on any atom is -0.505 e. The Balaban J connectivity index is 2.29. The number of aliphatic hydroxyl groups excluding tert-OH is 1. The predicted molar refractivity (Wildman–Crippen MR) is 102 cm³/mol. The van der Waals surface area contributed by atoms with E-state index in [4.69, 9.17) is 28.3 Å². The highest BCUT2D eigenvalue weighted by Crippen LogP contribution is 2.40. The minimum atomic E-state index is -3.55. The second kappa shape index (κ2) is 7.89. The lowest BCUT2D eigenvalue weighted by Gasteiger charge is -2.27. The van der Waals surface area contributed by atoms with Gasteiger partial charge in [0.2, 0.25) is 0 Å². The third kappa shape index (κ3) is 4.42. The summed E-state index contributed by atoms with van der Waals surface area (Å²) in [7, 11) is 0. The van der Waals surface area contributed by atoms with Crippen molar-refractivity contribution >= 4 is 39.1 Å². The highest BCUT2D eigenvalue weighted by Gasteiger charge is 2.40. The predicted octanol–water partition coefficient (Wildman–Crippen LogP) is 5.75.